The molecule has 0 fully saturated rings. The van der Waals surface area contributed by atoms with E-state index in [0.717, 1.165) is 13.0 Å². The fraction of sp³-hybridized carbons (Fsp3) is 0.600. The highest BCUT2D eigenvalue weighted by molar-refractivity contribution is 5.34. The molecule has 1 aromatic rings. The summed E-state index contributed by atoms with van der Waals surface area (Å²) >= 11 is 0. The summed E-state index contributed by atoms with van der Waals surface area (Å²) in [6, 6.07) is 9.23. The predicted octanol–water partition coefficient (Wildman–Crippen LogP) is 2.67. The Balaban J connectivity index is 1.85. The third-order valence-corrected chi connectivity index (χ3v) is 3.59. The highest BCUT2D eigenvalue weighted by Crippen LogP contribution is 2.30. The third-order valence-electron chi connectivity index (χ3n) is 3.59. The Hall–Kier alpha value is -0.860. The van der Waals surface area contributed by atoms with Crippen molar-refractivity contribution in [1.82, 2.24) is 5.32 Å². The average Bonchev–Trinajstić information content (AvgIpc) is 2.69. The molecule has 3 atom stereocenters. The number of aliphatic hydroxyl groups is 1. The molecule has 0 spiro atoms. The molecule has 0 aromatic heterocycles. The summed E-state index contributed by atoms with van der Waals surface area (Å²) in [7, 11) is 0. The number of benzene rings is 1. The standard InChI is InChI=1S/C15H23NO/c1-11(9-12(2)17)10-16-15-8-7-13-5-3-4-6-14(13)15/h3-6,11-12,15-17H,7-10H2,1-2H3. The van der Waals surface area contributed by atoms with Crippen LogP contribution in [0.15, 0.2) is 24.3 Å². The maximum atomic E-state index is 9.34. The molecule has 3 unspecified atom stereocenters. The molecule has 0 saturated heterocycles. The number of aliphatic hydroxyl groups excluding tert-OH is 1. The molecular weight excluding hydrogens is 210 g/mol. The van der Waals surface area contributed by atoms with Crippen LogP contribution in [0.4, 0.5) is 0 Å². The Morgan fingerprint density at radius 3 is 2.88 bits per heavy atom. The zero-order valence-electron chi connectivity index (χ0n) is 10.8. The zero-order chi connectivity index (χ0) is 12.3. The minimum Gasteiger partial charge on any atom is -0.393 e. The SMILES string of the molecule is CC(O)CC(C)CNC1CCc2ccccc21. The van der Waals surface area contributed by atoms with Crippen molar-refractivity contribution < 1.29 is 5.11 Å². The van der Waals surface area contributed by atoms with Crippen LogP contribution in [0.5, 0.6) is 0 Å². The van der Waals surface area contributed by atoms with Gasteiger partial charge in [-0.05, 0) is 49.8 Å². The van der Waals surface area contributed by atoms with E-state index in [1.165, 1.54) is 24.0 Å². The summed E-state index contributed by atoms with van der Waals surface area (Å²) < 4.78 is 0. The van der Waals surface area contributed by atoms with Crippen LogP contribution in [0.2, 0.25) is 0 Å². The smallest absolute Gasteiger partial charge is 0.0515 e. The fourth-order valence-electron chi connectivity index (χ4n) is 2.78. The minimum atomic E-state index is -0.192. The number of nitrogens with one attached hydrogen (secondary N) is 1. The maximum absolute atomic E-state index is 9.34. The van der Waals surface area contributed by atoms with Crippen molar-refractivity contribution in [3.63, 3.8) is 0 Å². The topological polar surface area (TPSA) is 32.3 Å². The van der Waals surface area contributed by atoms with Crippen LogP contribution in [0, 0.1) is 5.92 Å². The van der Waals surface area contributed by atoms with Gasteiger partial charge in [0.1, 0.15) is 0 Å². The Labute approximate surface area is 104 Å². The Morgan fingerprint density at radius 1 is 1.35 bits per heavy atom. The van der Waals surface area contributed by atoms with Crippen molar-refractivity contribution in [2.24, 2.45) is 5.92 Å². The molecule has 2 rings (SSSR count). The lowest BCUT2D eigenvalue weighted by molar-refractivity contribution is 0.162. The first-order valence-corrected chi connectivity index (χ1v) is 6.66. The number of rotatable bonds is 5. The lowest BCUT2D eigenvalue weighted by Gasteiger charge is -2.19. The Bertz CT molecular complexity index is 362. The summed E-state index contributed by atoms with van der Waals surface area (Å²) in [6.07, 6.45) is 3.09. The summed E-state index contributed by atoms with van der Waals surface area (Å²) in [5, 5.41) is 13.0. The molecule has 2 N–H and O–H groups in total. The summed E-state index contributed by atoms with van der Waals surface area (Å²) in [6.45, 7) is 5.05. The molecule has 0 bridgehead atoms. The molecule has 1 aromatic carbocycles. The number of aryl methyl sites for hydroxylation is 1. The van der Waals surface area contributed by atoms with E-state index in [4.69, 9.17) is 0 Å². The van der Waals surface area contributed by atoms with Gasteiger partial charge < -0.3 is 10.4 Å². The average molecular weight is 233 g/mol. The first-order valence-electron chi connectivity index (χ1n) is 6.66. The summed E-state index contributed by atoms with van der Waals surface area (Å²) in [4.78, 5) is 0. The number of fused-ring (bicyclic) bond motifs is 1. The maximum Gasteiger partial charge on any atom is 0.0515 e. The quantitative estimate of drug-likeness (QED) is 0.819. The second-order valence-electron chi connectivity index (χ2n) is 5.39. The molecule has 0 aliphatic heterocycles. The molecule has 1 aliphatic carbocycles. The van der Waals surface area contributed by atoms with Crippen LogP contribution in [0.25, 0.3) is 0 Å². The van der Waals surface area contributed by atoms with Gasteiger partial charge in [0.25, 0.3) is 0 Å². The Morgan fingerprint density at radius 2 is 2.12 bits per heavy atom. The highest BCUT2D eigenvalue weighted by atomic mass is 16.3. The van der Waals surface area contributed by atoms with Crippen LogP contribution < -0.4 is 5.32 Å². The van der Waals surface area contributed by atoms with Gasteiger partial charge in [0.05, 0.1) is 6.10 Å². The number of hydrogen-bond donors (Lipinski definition) is 2. The van der Waals surface area contributed by atoms with Gasteiger partial charge in [0.2, 0.25) is 0 Å². The van der Waals surface area contributed by atoms with Crippen LogP contribution in [-0.2, 0) is 6.42 Å². The molecule has 2 heteroatoms. The van der Waals surface area contributed by atoms with Gasteiger partial charge in [-0.2, -0.15) is 0 Å². The second-order valence-corrected chi connectivity index (χ2v) is 5.39. The van der Waals surface area contributed by atoms with E-state index in [9.17, 15) is 5.11 Å². The van der Waals surface area contributed by atoms with Crippen molar-refractivity contribution in [2.75, 3.05) is 6.54 Å². The molecule has 0 saturated carbocycles. The van der Waals surface area contributed by atoms with Gasteiger partial charge >= 0.3 is 0 Å². The van der Waals surface area contributed by atoms with E-state index in [1.54, 1.807) is 0 Å². The monoisotopic (exact) mass is 233 g/mol. The van der Waals surface area contributed by atoms with Crippen molar-refractivity contribution in [1.29, 1.82) is 0 Å². The van der Waals surface area contributed by atoms with Crippen molar-refractivity contribution in [3.8, 4) is 0 Å². The van der Waals surface area contributed by atoms with E-state index in [1.807, 2.05) is 6.92 Å². The molecule has 2 nitrogen and oxygen atoms in total. The highest BCUT2D eigenvalue weighted by Gasteiger charge is 2.21. The van der Waals surface area contributed by atoms with Gasteiger partial charge in [-0.3, -0.25) is 0 Å². The lowest BCUT2D eigenvalue weighted by Crippen LogP contribution is -2.26. The van der Waals surface area contributed by atoms with Gasteiger partial charge in [0.15, 0.2) is 0 Å². The first-order chi connectivity index (χ1) is 8.16. The lowest BCUT2D eigenvalue weighted by atomic mass is 10.0. The molecule has 94 valence electrons. The summed E-state index contributed by atoms with van der Waals surface area (Å²) in [5.74, 6) is 0.530. The molecular formula is C15H23NO. The largest absolute Gasteiger partial charge is 0.393 e. The van der Waals surface area contributed by atoms with E-state index < -0.39 is 0 Å². The van der Waals surface area contributed by atoms with Crippen LogP contribution in [-0.4, -0.2) is 17.8 Å². The van der Waals surface area contributed by atoms with Crippen molar-refractivity contribution >= 4 is 0 Å². The van der Waals surface area contributed by atoms with Crippen LogP contribution in [0.3, 0.4) is 0 Å². The van der Waals surface area contributed by atoms with Gasteiger partial charge in [-0.1, -0.05) is 31.2 Å². The second kappa shape index (κ2) is 5.65. The van der Waals surface area contributed by atoms with E-state index >= 15 is 0 Å². The third kappa shape index (κ3) is 3.30. The molecule has 1 aliphatic rings. The van der Waals surface area contributed by atoms with E-state index in [2.05, 4.69) is 36.5 Å². The predicted molar refractivity (Wildman–Crippen MR) is 71.0 cm³/mol. The minimum absolute atomic E-state index is 0.192. The zero-order valence-corrected chi connectivity index (χ0v) is 10.8. The normalized spacial score (nSPS) is 22.2. The molecule has 17 heavy (non-hydrogen) atoms. The van der Waals surface area contributed by atoms with Crippen molar-refractivity contribution in [3.05, 3.63) is 35.4 Å². The van der Waals surface area contributed by atoms with Crippen LogP contribution >= 0.6 is 0 Å². The van der Waals surface area contributed by atoms with Gasteiger partial charge in [-0.25, -0.2) is 0 Å². The van der Waals surface area contributed by atoms with Crippen LogP contribution in [0.1, 0.15) is 43.9 Å². The summed E-state index contributed by atoms with van der Waals surface area (Å²) in [5.41, 5.74) is 2.96. The van der Waals surface area contributed by atoms with E-state index in [-0.39, 0.29) is 6.10 Å². The fourth-order valence-corrected chi connectivity index (χ4v) is 2.78. The molecule has 0 amide bonds. The molecule has 0 radical (unpaired) electrons. The number of hydrogen-bond acceptors (Lipinski definition) is 2. The Kier molecular flexibility index (Phi) is 4.19. The van der Waals surface area contributed by atoms with Gasteiger partial charge in [0, 0.05) is 6.04 Å². The van der Waals surface area contributed by atoms with Gasteiger partial charge in [-0.15, -0.1) is 0 Å². The first kappa shape index (κ1) is 12.6. The molecule has 0 heterocycles. The van der Waals surface area contributed by atoms with Crippen molar-refractivity contribution in [2.45, 2.75) is 45.3 Å². The van der Waals surface area contributed by atoms with E-state index in [0.29, 0.717) is 12.0 Å².